The first-order chi connectivity index (χ1) is 9.04. The lowest BCUT2D eigenvalue weighted by molar-refractivity contribution is -0.118. The van der Waals surface area contributed by atoms with Gasteiger partial charge in [0.2, 0.25) is 5.88 Å². The number of benzene rings is 1. The Bertz CT molecular complexity index is 600. The van der Waals surface area contributed by atoms with Crippen molar-refractivity contribution in [3.63, 3.8) is 0 Å². The van der Waals surface area contributed by atoms with Gasteiger partial charge in [-0.3, -0.25) is 10.1 Å². The molecular formula is C12H10BrClN2O3. The van der Waals surface area contributed by atoms with Gasteiger partial charge in [0, 0.05) is 10.5 Å². The second kappa shape index (κ2) is 6.08. The third-order valence-electron chi connectivity index (χ3n) is 2.14. The number of ether oxygens (including phenoxy) is 1. The number of hydrogen-bond donors (Lipinski definition) is 1. The normalized spacial score (nSPS) is 10.3. The monoisotopic (exact) mass is 344 g/mol. The molecule has 1 aromatic carbocycles. The van der Waals surface area contributed by atoms with Crippen molar-refractivity contribution in [3.8, 4) is 5.75 Å². The van der Waals surface area contributed by atoms with Gasteiger partial charge in [-0.05, 0) is 25.1 Å². The van der Waals surface area contributed by atoms with Gasteiger partial charge in [0.1, 0.15) is 5.75 Å². The summed E-state index contributed by atoms with van der Waals surface area (Å²) < 4.78 is 11.0. The summed E-state index contributed by atoms with van der Waals surface area (Å²) in [6, 6.07) is 6.76. The van der Waals surface area contributed by atoms with Crippen LogP contribution in [0.15, 0.2) is 33.3 Å². The third-order valence-corrected chi connectivity index (χ3v) is 2.93. The molecule has 0 aliphatic carbocycles. The molecule has 0 saturated carbocycles. The van der Waals surface area contributed by atoms with Gasteiger partial charge in [0.05, 0.1) is 10.7 Å². The SMILES string of the molecule is Cc1cc(NC(=O)COc2ccc(Br)cc2Cl)on1. The fourth-order valence-corrected chi connectivity index (χ4v) is 2.06. The lowest BCUT2D eigenvalue weighted by Crippen LogP contribution is -2.19. The first-order valence-corrected chi connectivity index (χ1v) is 6.53. The van der Waals surface area contributed by atoms with Gasteiger partial charge in [-0.1, -0.05) is 32.7 Å². The fraction of sp³-hybridized carbons (Fsp3) is 0.167. The minimum Gasteiger partial charge on any atom is -0.482 e. The van der Waals surface area contributed by atoms with Crippen LogP contribution in [-0.2, 0) is 4.79 Å². The smallest absolute Gasteiger partial charge is 0.264 e. The highest BCUT2D eigenvalue weighted by molar-refractivity contribution is 9.10. The van der Waals surface area contributed by atoms with Crippen molar-refractivity contribution in [2.45, 2.75) is 6.92 Å². The molecule has 0 unspecified atom stereocenters. The van der Waals surface area contributed by atoms with Crippen molar-refractivity contribution < 1.29 is 14.1 Å². The molecule has 0 radical (unpaired) electrons. The second-order valence-corrected chi connectivity index (χ2v) is 5.07. The van der Waals surface area contributed by atoms with E-state index >= 15 is 0 Å². The molecule has 0 saturated heterocycles. The van der Waals surface area contributed by atoms with Gasteiger partial charge in [-0.15, -0.1) is 0 Å². The highest BCUT2D eigenvalue weighted by atomic mass is 79.9. The number of anilines is 1. The number of nitrogens with zero attached hydrogens (tertiary/aromatic N) is 1. The van der Waals surface area contributed by atoms with Crippen molar-refractivity contribution >= 4 is 39.3 Å². The van der Waals surface area contributed by atoms with Crippen LogP contribution < -0.4 is 10.1 Å². The van der Waals surface area contributed by atoms with Crippen LogP contribution in [-0.4, -0.2) is 17.7 Å². The zero-order chi connectivity index (χ0) is 13.8. The molecule has 1 N–H and O–H groups in total. The third kappa shape index (κ3) is 3.97. The van der Waals surface area contributed by atoms with Crippen LogP contribution in [0.4, 0.5) is 5.88 Å². The molecule has 100 valence electrons. The Morgan fingerprint density at radius 3 is 2.95 bits per heavy atom. The molecule has 2 rings (SSSR count). The summed E-state index contributed by atoms with van der Waals surface area (Å²) in [4.78, 5) is 11.6. The van der Waals surface area contributed by atoms with E-state index in [-0.39, 0.29) is 18.4 Å². The highest BCUT2D eigenvalue weighted by Crippen LogP contribution is 2.27. The van der Waals surface area contributed by atoms with Gasteiger partial charge in [-0.25, -0.2) is 0 Å². The molecule has 19 heavy (non-hydrogen) atoms. The first-order valence-electron chi connectivity index (χ1n) is 5.35. The van der Waals surface area contributed by atoms with E-state index < -0.39 is 0 Å². The van der Waals surface area contributed by atoms with E-state index in [0.717, 1.165) is 4.47 Å². The van der Waals surface area contributed by atoms with Gasteiger partial charge in [0.15, 0.2) is 6.61 Å². The number of aromatic nitrogens is 1. The fourth-order valence-electron chi connectivity index (χ4n) is 1.33. The maximum Gasteiger partial charge on any atom is 0.264 e. The maximum absolute atomic E-state index is 11.6. The maximum atomic E-state index is 11.6. The summed E-state index contributed by atoms with van der Waals surface area (Å²) in [7, 11) is 0. The zero-order valence-corrected chi connectivity index (χ0v) is 12.3. The molecule has 1 aromatic heterocycles. The van der Waals surface area contributed by atoms with E-state index in [1.165, 1.54) is 0 Å². The van der Waals surface area contributed by atoms with Gasteiger partial charge >= 0.3 is 0 Å². The van der Waals surface area contributed by atoms with Crippen molar-refractivity contribution in [1.82, 2.24) is 5.16 Å². The molecule has 1 heterocycles. The van der Waals surface area contributed by atoms with E-state index in [0.29, 0.717) is 16.5 Å². The molecule has 0 spiro atoms. The summed E-state index contributed by atoms with van der Waals surface area (Å²) in [5, 5.41) is 6.60. The number of halogens is 2. The minimum atomic E-state index is -0.352. The number of carbonyl (C=O) groups excluding carboxylic acids is 1. The lowest BCUT2D eigenvalue weighted by Gasteiger charge is -2.07. The summed E-state index contributed by atoms with van der Waals surface area (Å²) >= 11 is 9.25. The Morgan fingerprint density at radius 1 is 1.53 bits per heavy atom. The van der Waals surface area contributed by atoms with Crippen LogP contribution in [0.2, 0.25) is 5.02 Å². The average Bonchev–Trinajstić information content (AvgIpc) is 2.73. The molecule has 1 amide bonds. The van der Waals surface area contributed by atoms with Crippen LogP contribution in [0.3, 0.4) is 0 Å². The number of carbonyl (C=O) groups is 1. The van der Waals surface area contributed by atoms with Crippen LogP contribution >= 0.6 is 27.5 Å². The predicted molar refractivity (Wildman–Crippen MR) is 74.5 cm³/mol. The van der Waals surface area contributed by atoms with Gasteiger partial charge in [0.25, 0.3) is 5.91 Å². The van der Waals surface area contributed by atoms with E-state index in [4.69, 9.17) is 20.9 Å². The quantitative estimate of drug-likeness (QED) is 0.922. The number of rotatable bonds is 4. The van der Waals surface area contributed by atoms with Crippen LogP contribution in [0.25, 0.3) is 0 Å². The number of nitrogens with one attached hydrogen (secondary N) is 1. The summed E-state index contributed by atoms with van der Waals surface area (Å²) in [5.74, 6) is 0.372. The number of amides is 1. The topological polar surface area (TPSA) is 64.4 Å². The minimum absolute atomic E-state index is 0.166. The molecule has 0 fully saturated rings. The van der Waals surface area contributed by atoms with Crippen molar-refractivity contribution in [1.29, 1.82) is 0 Å². The molecule has 5 nitrogen and oxygen atoms in total. The van der Waals surface area contributed by atoms with Crippen molar-refractivity contribution in [2.24, 2.45) is 0 Å². The molecule has 0 aliphatic heterocycles. The second-order valence-electron chi connectivity index (χ2n) is 3.74. The zero-order valence-electron chi connectivity index (χ0n) is 9.94. The predicted octanol–water partition coefficient (Wildman–Crippen LogP) is 3.42. The van der Waals surface area contributed by atoms with Crippen molar-refractivity contribution in [3.05, 3.63) is 39.5 Å². The van der Waals surface area contributed by atoms with E-state index in [1.807, 2.05) is 0 Å². The van der Waals surface area contributed by atoms with Gasteiger partial charge in [-0.2, -0.15) is 0 Å². The number of aryl methyl sites for hydroxylation is 1. The Labute approximate surface area is 123 Å². The summed E-state index contributed by atoms with van der Waals surface area (Å²) in [5.41, 5.74) is 0.687. The largest absolute Gasteiger partial charge is 0.482 e. The van der Waals surface area contributed by atoms with E-state index in [1.54, 1.807) is 31.2 Å². The van der Waals surface area contributed by atoms with Crippen LogP contribution in [0, 0.1) is 6.92 Å². The molecule has 2 aromatic rings. The summed E-state index contributed by atoms with van der Waals surface area (Å²) in [6.07, 6.45) is 0. The highest BCUT2D eigenvalue weighted by Gasteiger charge is 2.09. The van der Waals surface area contributed by atoms with Crippen molar-refractivity contribution in [2.75, 3.05) is 11.9 Å². The molecule has 7 heteroatoms. The van der Waals surface area contributed by atoms with Gasteiger partial charge < -0.3 is 9.26 Å². The lowest BCUT2D eigenvalue weighted by atomic mass is 10.3. The Kier molecular flexibility index (Phi) is 4.44. The molecule has 0 atom stereocenters. The van der Waals surface area contributed by atoms with E-state index in [9.17, 15) is 4.79 Å². The van der Waals surface area contributed by atoms with Crippen LogP contribution in [0.5, 0.6) is 5.75 Å². The standard InChI is InChI=1S/C12H10BrClN2O3/c1-7-4-12(19-16-7)15-11(17)6-18-10-3-2-8(13)5-9(10)14/h2-5H,6H2,1H3,(H,15,17). The Hall–Kier alpha value is -1.53. The molecule has 0 bridgehead atoms. The first kappa shape index (κ1) is 13.9. The average molecular weight is 346 g/mol. The Balaban J connectivity index is 1.89. The van der Waals surface area contributed by atoms with Crippen LogP contribution in [0.1, 0.15) is 5.69 Å². The van der Waals surface area contributed by atoms with E-state index in [2.05, 4.69) is 26.4 Å². The summed E-state index contributed by atoms with van der Waals surface area (Å²) in [6.45, 7) is 1.60. The Morgan fingerprint density at radius 2 is 2.32 bits per heavy atom. The number of hydrogen-bond acceptors (Lipinski definition) is 4. The molecular weight excluding hydrogens is 336 g/mol. The molecule has 0 aliphatic rings.